The highest BCUT2D eigenvalue weighted by atomic mass is 16.5. The molecule has 1 aliphatic rings. The van der Waals surface area contributed by atoms with Crippen LogP contribution in [0, 0.1) is 0 Å². The van der Waals surface area contributed by atoms with E-state index in [4.69, 9.17) is 10.5 Å². The van der Waals surface area contributed by atoms with Crippen LogP contribution in [-0.2, 0) is 4.74 Å². The molecule has 0 bridgehead atoms. The Morgan fingerprint density at radius 2 is 2.07 bits per heavy atom. The minimum absolute atomic E-state index is 0.379. The number of anilines is 1. The van der Waals surface area contributed by atoms with Crippen LogP contribution in [0.2, 0.25) is 0 Å². The van der Waals surface area contributed by atoms with E-state index in [9.17, 15) is 0 Å². The summed E-state index contributed by atoms with van der Waals surface area (Å²) >= 11 is 0. The van der Waals surface area contributed by atoms with Crippen LogP contribution in [0.3, 0.4) is 0 Å². The summed E-state index contributed by atoms with van der Waals surface area (Å²) < 4.78 is 5.46. The number of hydrogen-bond donors (Lipinski definition) is 1. The van der Waals surface area contributed by atoms with Gasteiger partial charge in [-0.2, -0.15) is 0 Å². The van der Waals surface area contributed by atoms with E-state index in [2.05, 4.69) is 24.1 Å². The number of benzene rings is 1. The van der Waals surface area contributed by atoms with Crippen molar-refractivity contribution in [3.63, 3.8) is 0 Å². The second kappa shape index (κ2) is 3.98. The van der Waals surface area contributed by atoms with E-state index < -0.39 is 0 Å². The summed E-state index contributed by atoms with van der Waals surface area (Å²) in [7, 11) is 2.13. The average Bonchev–Trinajstić information content (AvgIpc) is 2.20. The van der Waals surface area contributed by atoms with Gasteiger partial charge >= 0.3 is 0 Å². The van der Waals surface area contributed by atoms with Crippen molar-refractivity contribution in [1.82, 2.24) is 4.90 Å². The molecule has 1 aliphatic heterocycles. The lowest BCUT2D eigenvalue weighted by Gasteiger charge is -2.32. The van der Waals surface area contributed by atoms with E-state index in [-0.39, 0.29) is 0 Å². The predicted molar refractivity (Wildman–Crippen MR) is 57.0 cm³/mol. The summed E-state index contributed by atoms with van der Waals surface area (Å²) in [6, 6.07) is 8.41. The van der Waals surface area contributed by atoms with E-state index in [1.54, 1.807) is 0 Å². The molecule has 1 saturated heterocycles. The Labute approximate surface area is 84.5 Å². The van der Waals surface area contributed by atoms with Gasteiger partial charge in [0.15, 0.2) is 0 Å². The number of nitrogens with two attached hydrogens (primary N) is 1. The first-order valence-electron chi connectivity index (χ1n) is 4.91. The van der Waals surface area contributed by atoms with Gasteiger partial charge in [-0.25, -0.2) is 0 Å². The second-order valence-corrected chi connectivity index (χ2v) is 3.74. The standard InChI is InChI=1S/C11H16N2O/c1-13-6-7-14-8-11(13)9-2-4-10(12)5-3-9/h2-5,11H,6-8,12H2,1H3/t11-/m1/s1. The first-order chi connectivity index (χ1) is 6.77. The van der Waals surface area contributed by atoms with Crippen molar-refractivity contribution < 1.29 is 4.74 Å². The molecular formula is C11H16N2O. The van der Waals surface area contributed by atoms with Crippen molar-refractivity contribution >= 4 is 5.69 Å². The molecule has 1 aromatic carbocycles. The Morgan fingerprint density at radius 1 is 1.36 bits per heavy atom. The van der Waals surface area contributed by atoms with Crippen molar-refractivity contribution in [2.45, 2.75) is 6.04 Å². The Balaban J connectivity index is 2.16. The van der Waals surface area contributed by atoms with Gasteiger partial charge in [0.2, 0.25) is 0 Å². The Morgan fingerprint density at radius 3 is 2.71 bits per heavy atom. The van der Waals surface area contributed by atoms with Gasteiger partial charge in [-0.3, -0.25) is 4.90 Å². The van der Waals surface area contributed by atoms with Crippen LogP contribution in [0.15, 0.2) is 24.3 Å². The Kier molecular flexibility index (Phi) is 2.70. The van der Waals surface area contributed by atoms with Gasteiger partial charge in [-0.15, -0.1) is 0 Å². The summed E-state index contributed by atoms with van der Waals surface area (Å²) in [5.74, 6) is 0. The zero-order valence-electron chi connectivity index (χ0n) is 8.44. The monoisotopic (exact) mass is 192 g/mol. The summed E-state index contributed by atoms with van der Waals surface area (Å²) in [5, 5.41) is 0. The normalized spacial score (nSPS) is 23.6. The van der Waals surface area contributed by atoms with E-state index in [0.717, 1.165) is 25.4 Å². The molecule has 1 heterocycles. The zero-order valence-corrected chi connectivity index (χ0v) is 8.44. The Hall–Kier alpha value is -1.06. The maximum absolute atomic E-state index is 5.65. The summed E-state index contributed by atoms with van der Waals surface area (Å²) in [4.78, 5) is 2.31. The fourth-order valence-corrected chi connectivity index (χ4v) is 1.76. The maximum Gasteiger partial charge on any atom is 0.0664 e. The summed E-state index contributed by atoms with van der Waals surface area (Å²) in [5.41, 5.74) is 7.74. The van der Waals surface area contributed by atoms with Crippen LogP contribution >= 0.6 is 0 Å². The molecule has 1 aromatic rings. The largest absolute Gasteiger partial charge is 0.399 e. The zero-order chi connectivity index (χ0) is 9.97. The number of rotatable bonds is 1. The first kappa shape index (κ1) is 9.49. The van der Waals surface area contributed by atoms with Gasteiger partial charge < -0.3 is 10.5 Å². The summed E-state index contributed by atoms with van der Waals surface area (Å²) in [6.45, 7) is 2.61. The van der Waals surface area contributed by atoms with Crippen LogP contribution in [-0.4, -0.2) is 31.7 Å². The number of hydrogen-bond acceptors (Lipinski definition) is 3. The minimum Gasteiger partial charge on any atom is -0.399 e. The molecule has 0 spiro atoms. The second-order valence-electron chi connectivity index (χ2n) is 3.74. The maximum atomic E-state index is 5.65. The molecule has 0 aromatic heterocycles. The molecule has 0 unspecified atom stereocenters. The van der Waals surface area contributed by atoms with Crippen LogP contribution in [0.1, 0.15) is 11.6 Å². The number of nitrogen functional groups attached to an aromatic ring is 1. The van der Waals surface area contributed by atoms with E-state index >= 15 is 0 Å². The van der Waals surface area contributed by atoms with Crippen molar-refractivity contribution in [1.29, 1.82) is 0 Å². The molecule has 1 fully saturated rings. The van der Waals surface area contributed by atoms with E-state index in [1.165, 1.54) is 5.56 Å². The van der Waals surface area contributed by atoms with Crippen LogP contribution in [0.5, 0.6) is 0 Å². The molecule has 0 radical (unpaired) electrons. The van der Waals surface area contributed by atoms with Gasteiger partial charge in [-0.1, -0.05) is 12.1 Å². The number of nitrogens with zero attached hydrogens (tertiary/aromatic N) is 1. The fourth-order valence-electron chi connectivity index (χ4n) is 1.76. The molecule has 3 heteroatoms. The highest BCUT2D eigenvalue weighted by Gasteiger charge is 2.20. The molecule has 1 atom stereocenters. The van der Waals surface area contributed by atoms with Gasteiger partial charge in [-0.05, 0) is 24.7 Å². The van der Waals surface area contributed by atoms with Gasteiger partial charge in [0, 0.05) is 12.2 Å². The highest BCUT2D eigenvalue weighted by molar-refractivity contribution is 5.40. The molecule has 14 heavy (non-hydrogen) atoms. The molecule has 76 valence electrons. The van der Waals surface area contributed by atoms with E-state index in [1.807, 2.05) is 12.1 Å². The number of morpholine rings is 1. The van der Waals surface area contributed by atoms with Crippen LogP contribution < -0.4 is 5.73 Å². The van der Waals surface area contributed by atoms with Crippen molar-refractivity contribution in [3.05, 3.63) is 29.8 Å². The van der Waals surface area contributed by atoms with Gasteiger partial charge in [0.25, 0.3) is 0 Å². The number of ether oxygens (including phenoxy) is 1. The lowest BCUT2D eigenvalue weighted by molar-refractivity contribution is 0.00506. The van der Waals surface area contributed by atoms with Gasteiger partial charge in [0.1, 0.15) is 0 Å². The lowest BCUT2D eigenvalue weighted by Crippen LogP contribution is -2.36. The van der Waals surface area contributed by atoms with E-state index in [0.29, 0.717) is 6.04 Å². The quantitative estimate of drug-likeness (QED) is 0.681. The molecule has 0 saturated carbocycles. The summed E-state index contributed by atoms with van der Waals surface area (Å²) in [6.07, 6.45) is 0. The molecular weight excluding hydrogens is 176 g/mol. The highest BCUT2D eigenvalue weighted by Crippen LogP contribution is 2.22. The number of likely N-dealkylation sites (N-methyl/N-ethyl adjacent to an activating group) is 1. The SMILES string of the molecule is CN1CCOC[C@@H]1c1ccc(N)cc1. The third kappa shape index (κ3) is 1.89. The third-order valence-corrected chi connectivity index (χ3v) is 2.72. The molecule has 0 amide bonds. The van der Waals surface area contributed by atoms with Crippen molar-refractivity contribution in [2.75, 3.05) is 32.5 Å². The van der Waals surface area contributed by atoms with Crippen LogP contribution in [0.25, 0.3) is 0 Å². The average molecular weight is 192 g/mol. The smallest absolute Gasteiger partial charge is 0.0664 e. The van der Waals surface area contributed by atoms with Crippen molar-refractivity contribution in [3.8, 4) is 0 Å². The van der Waals surface area contributed by atoms with Gasteiger partial charge in [0.05, 0.1) is 19.3 Å². The molecule has 0 aliphatic carbocycles. The molecule has 2 N–H and O–H groups in total. The Bertz CT molecular complexity index is 297. The van der Waals surface area contributed by atoms with Crippen molar-refractivity contribution in [2.24, 2.45) is 0 Å². The van der Waals surface area contributed by atoms with Crippen LogP contribution in [0.4, 0.5) is 5.69 Å². The topological polar surface area (TPSA) is 38.5 Å². The molecule has 2 rings (SSSR count). The predicted octanol–water partition coefficient (Wildman–Crippen LogP) is 1.27. The first-order valence-corrected chi connectivity index (χ1v) is 4.91. The third-order valence-electron chi connectivity index (χ3n) is 2.72. The minimum atomic E-state index is 0.379. The fraction of sp³-hybridized carbons (Fsp3) is 0.455. The lowest BCUT2D eigenvalue weighted by atomic mass is 10.1. The molecule has 3 nitrogen and oxygen atoms in total.